The molecule has 2 aromatic rings. The summed E-state index contributed by atoms with van der Waals surface area (Å²) in [5.74, 6) is 0. The molecule has 0 aliphatic carbocycles. The Bertz CT molecular complexity index is 533. The SMILES string of the molecule is CCNC(c1cccc(C)c1Cl)c1sccc1C. The molecule has 0 saturated heterocycles. The predicted molar refractivity (Wildman–Crippen MR) is 80.8 cm³/mol. The van der Waals surface area contributed by atoms with Crippen molar-refractivity contribution < 1.29 is 0 Å². The van der Waals surface area contributed by atoms with Crippen LogP contribution in [-0.4, -0.2) is 6.54 Å². The molecule has 18 heavy (non-hydrogen) atoms. The van der Waals surface area contributed by atoms with Crippen LogP contribution < -0.4 is 5.32 Å². The van der Waals surface area contributed by atoms with Crippen LogP contribution in [0.3, 0.4) is 0 Å². The number of nitrogens with one attached hydrogen (secondary N) is 1. The van der Waals surface area contributed by atoms with E-state index in [1.165, 1.54) is 16.0 Å². The summed E-state index contributed by atoms with van der Waals surface area (Å²) in [6.45, 7) is 7.25. The van der Waals surface area contributed by atoms with Gasteiger partial charge in [0.1, 0.15) is 0 Å². The number of thiophene rings is 1. The highest BCUT2D eigenvalue weighted by Gasteiger charge is 2.19. The van der Waals surface area contributed by atoms with Gasteiger partial charge in [-0.05, 0) is 48.5 Å². The maximum atomic E-state index is 6.46. The van der Waals surface area contributed by atoms with Crippen molar-refractivity contribution in [1.82, 2.24) is 5.32 Å². The molecule has 1 unspecified atom stereocenters. The van der Waals surface area contributed by atoms with Gasteiger partial charge in [0.2, 0.25) is 0 Å². The van der Waals surface area contributed by atoms with Crippen molar-refractivity contribution in [1.29, 1.82) is 0 Å². The Kier molecular flexibility index (Phi) is 4.44. The van der Waals surface area contributed by atoms with Gasteiger partial charge >= 0.3 is 0 Å². The Labute approximate surface area is 118 Å². The third kappa shape index (κ3) is 2.61. The molecule has 1 aromatic carbocycles. The number of hydrogen-bond acceptors (Lipinski definition) is 2. The molecule has 0 spiro atoms. The second-order valence-electron chi connectivity index (χ2n) is 4.44. The molecule has 96 valence electrons. The highest BCUT2D eigenvalue weighted by molar-refractivity contribution is 7.10. The maximum absolute atomic E-state index is 6.46. The van der Waals surface area contributed by atoms with E-state index < -0.39 is 0 Å². The van der Waals surface area contributed by atoms with E-state index in [-0.39, 0.29) is 6.04 Å². The van der Waals surface area contributed by atoms with E-state index in [4.69, 9.17) is 11.6 Å². The molecule has 2 rings (SSSR count). The van der Waals surface area contributed by atoms with Gasteiger partial charge in [0, 0.05) is 9.90 Å². The van der Waals surface area contributed by atoms with Gasteiger partial charge in [0.05, 0.1) is 6.04 Å². The van der Waals surface area contributed by atoms with Crippen LogP contribution in [0.5, 0.6) is 0 Å². The first-order valence-electron chi connectivity index (χ1n) is 6.17. The minimum absolute atomic E-state index is 0.197. The molecule has 0 amide bonds. The lowest BCUT2D eigenvalue weighted by atomic mass is 10.0. The molecule has 3 heteroatoms. The van der Waals surface area contributed by atoms with Gasteiger partial charge in [-0.3, -0.25) is 0 Å². The van der Waals surface area contributed by atoms with E-state index in [2.05, 4.69) is 55.7 Å². The Morgan fingerprint density at radius 2 is 2.00 bits per heavy atom. The Balaban J connectivity index is 2.48. The summed E-state index contributed by atoms with van der Waals surface area (Å²) in [6, 6.07) is 8.60. The first kappa shape index (κ1) is 13.6. The van der Waals surface area contributed by atoms with Crippen LogP contribution in [0.2, 0.25) is 5.02 Å². The molecule has 1 atom stereocenters. The molecule has 0 aliphatic rings. The van der Waals surface area contributed by atoms with Crippen molar-refractivity contribution in [2.24, 2.45) is 0 Å². The van der Waals surface area contributed by atoms with E-state index in [1.54, 1.807) is 11.3 Å². The zero-order valence-electron chi connectivity index (χ0n) is 11.0. The van der Waals surface area contributed by atoms with Gasteiger partial charge < -0.3 is 5.32 Å². The minimum Gasteiger partial charge on any atom is -0.306 e. The number of halogens is 1. The fraction of sp³-hybridized carbons (Fsp3) is 0.333. The van der Waals surface area contributed by atoms with Crippen molar-refractivity contribution in [2.75, 3.05) is 6.54 Å². The first-order chi connectivity index (χ1) is 8.65. The van der Waals surface area contributed by atoms with Crippen LogP contribution in [0.15, 0.2) is 29.6 Å². The van der Waals surface area contributed by atoms with Gasteiger partial charge in [0.25, 0.3) is 0 Å². The topological polar surface area (TPSA) is 12.0 Å². The fourth-order valence-electron chi connectivity index (χ4n) is 2.12. The lowest BCUT2D eigenvalue weighted by Gasteiger charge is -2.20. The zero-order chi connectivity index (χ0) is 13.1. The summed E-state index contributed by atoms with van der Waals surface area (Å²) in [6.07, 6.45) is 0. The third-order valence-corrected chi connectivity index (χ3v) is 4.70. The lowest BCUT2D eigenvalue weighted by Crippen LogP contribution is -2.22. The first-order valence-corrected chi connectivity index (χ1v) is 7.43. The summed E-state index contributed by atoms with van der Waals surface area (Å²) in [5, 5.41) is 6.55. The van der Waals surface area contributed by atoms with Gasteiger partial charge in [0.15, 0.2) is 0 Å². The average molecular weight is 280 g/mol. The number of rotatable bonds is 4. The van der Waals surface area contributed by atoms with Gasteiger partial charge in [-0.1, -0.05) is 36.7 Å². The Morgan fingerprint density at radius 1 is 1.22 bits per heavy atom. The summed E-state index contributed by atoms with van der Waals surface area (Å²) in [4.78, 5) is 1.35. The third-order valence-electron chi connectivity index (χ3n) is 3.10. The molecule has 0 aliphatic heterocycles. The summed E-state index contributed by atoms with van der Waals surface area (Å²) in [7, 11) is 0. The van der Waals surface area contributed by atoms with Gasteiger partial charge in [-0.25, -0.2) is 0 Å². The quantitative estimate of drug-likeness (QED) is 0.854. The van der Waals surface area contributed by atoms with Crippen LogP contribution in [0.1, 0.15) is 34.5 Å². The van der Waals surface area contributed by atoms with Crippen molar-refractivity contribution >= 4 is 22.9 Å². The van der Waals surface area contributed by atoms with Gasteiger partial charge in [-0.2, -0.15) is 0 Å². The van der Waals surface area contributed by atoms with Gasteiger partial charge in [-0.15, -0.1) is 11.3 Å². The summed E-state index contributed by atoms with van der Waals surface area (Å²) in [5.41, 5.74) is 3.62. The number of benzene rings is 1. The van der Waals surface area contributed by atoms with E-state index in [1.807, 2.05) is 0 Å². The minimum atomic E-state index is 0.197. The molecule has 0 saturated carbocycles. The van der Waals surface area contributed by atoms with Crippen molar-refractivity contribution in [3.8, 4) is 0 Å². The molecule has 1 nitrogen and oxygen atoms in total. The molecule has 1 N–H and O–H groups in total. The van der Waals surface area contributed by atoms with E-state index >= 15 is 0 Å². The predicted octanol–water partition coefficient (Wildman–Crippen LogP) is 4.72. The molecular weight excluding hydrogens is 262 g/mol. The molecular formula is C15H18ClNS. The largest absolute Gasteiger partial charge is 0.306 e. The average Bonchev–Trinajstić information content (AvgIpc) is 2.76. The Morgan fingerprint density at radius 3 is 2.61 bits per heavy atom. The lowest BCUT2D eigenvalue weighted by molar-refractivity contribution is 0.637. The van der Waals surface area contributed by atoms with E-state index in [0.717, 1.165) is 17.1 Å². The zero-order valence-corrected chi connectivity index (χ0v) is 12.5. The summed E-state index contributed by atoms with van der Waals surface area (Å²) < 4.78 is 0. The monoisotopic (exact) mass is 279 g/mol. The second-order valence-corrected chi connectivity index (χ2v) is 5.76. The highest BCUT2D eigenvalue weighted by Crippen LogP contribution is 2.34. The summed E-state index contributed by atoms with van der Waals surface area (Å²) >= 11 is 8.24. The van der Waals surface area contributed by atoms with Crippen molar-refractivity contribution in [3.63, 3.8) is 0 Å². The van der Waals surface area contributed by atoms with E-state index in [0.29, 0.717) is 0 Å². The molecule has 0 fully saturated rings. The van der Waals surface area contributed by atoms with Crippen LogP contribution in [0, 0.1) is 13.8 Å². The number of hydrogen-bond donors (Lipinski definition) is 1. The molecule has 0 radical (unpaired) electrons. The second kappa shape index (κ2) is 5.87. The van der Waals surface area contributed by atoms with Crippen LogP contribution in [0.25, 0.3) is 0 Å². The molecule has 1 heterocycles. The van der Waals surface area contributed by atoms with Crippen LogP contribution >= 0.6 is 22.9 Å². The van der Waals surface area contributed by atoms with Crippen LogP contribution in [-0.2, 0) is 0 Å². The van der Waals surface area contributed by atoms with E-state index in [9.17, 15) is 0 Å². The van der Waals surface area contributed by atoms with Crippen molar-refractivity contribution in [2.45, 2.75) is 26.8 Å². The smallest absolute Gasteiger partial charge is 0.0688 e. The van der Waals surface area contributed by atoms with Crippen LogP contribution in [0.4, 0.5) is 0 Å². The Hall–Kier alpha value is -0.830. The molecule has 0 bridgehead atoms. The fourth-order valence-corrected chi connectivity index (χ4v) is 3.38. The molecule has 1 aromatic heterocycles. The normalized spacial score (nSPS) is 12.7. The standard InChI is InChI=1S/C15H18ClNS/c1-4-17-14(15-11(3)8-9-18-15)12-7-5-6-10(2)13(12)16/h5-9,14,17H,4H2,1-3H3. The van der Waals surface area contributed by atoms with Crippen molar-refractivity contribution in [3.05, 3.63) is 56.2 Å². The maximum Gasteiger partial charge on any atom is 0.0688 e. The number of aryl methyl sites for hydroxylation is 2. The highest BCUT2D eigenvalue weighted by atomic mass is 35.5.